The van der Waals surface area contributed by atoms with Gasteiger partial charge in [0.1, 0.15) is 0 Å². The summed E-state index contributed by atoms with van der Waals surface area (Å²) < 4.78 is 78.4. The van der Waals surface area contributed by atoms with Gasteiger partial charge in [-0.3, -0.25) is 10.7 Å². The molecule has 1 aliphatic carbocycles. The van der Waals surface area contributed by atoms with Crippen LogP contribution < -0.4 is 5.48 Å². The smallest absolute Gasteiger partial charge is 0.291 e. The Balaban J connectivity index is 2.01. The molecular formula is C16H13F6N3OS. The summed E-state index contributed by atoms with van der Waals surface area (Å²) in [7, 11) is 0. The molecule has 0 radical (unpaired) electrons. The first kappa shape index (κ1) is 19.7. The van der Waals surface area contributed by atoms with E-state index in [2.05, 4.69) is 9.97 Å². The Morgan fingerprint density at radius 1 is 0.963 bits per heavy atom. The number of hydrogen-bond donors (Lipinski definition) is 2. The Labute approximate surface area is 154 Å². The number of alkyl halides is 6. The summed E-state index contributed by atoms with van der Waals surface area (Å²) in [5.74, 6) is 0. The average molecular weight is 409 g/mol. The van der Waals surface area contributed by atoms with Crippen LogP contribution in [0.3, 0.4) is 0 Å². The maximum Gasteiger partial charge on any atom is 0.433 e. The quantitative estimate of drug-likeness (QED) is 0.407. The number of rotatable bonds is 3. The molecule has 2 aromatic rings. The summed E-state index contributed by atoms with van der Waals surface area (Å²) in [4.78, 5) is 7.81. The second kappa shape index (κ2) is 7.19. The molecule has 11 heteroatoms. The third-order valence-electron chi connectivity index (χ3n) is 4.06. The van der Waals surface area contributed by atoms with Gasteiger partial charge in [-0.1, -0.05) is 0 Å². The molecule has 4 nitrogen and oxygen atoms in total. The van der Waals surface area contributed by atoms with Crippen LogP contribution >= 0.6 is 11.8 Å². The van der Waals surface area contributed by atoms with E-state index in [0.717, 1.165) is 12.1 Å². The highest BCUT2D eigenvalue weighted by Crippen LogP contribution is 2.40. The fraction of sp³-hybridized carbons (Fsp3) is 0.375. The van der Waals surface area contributed by atoms with Crippen LogP contribution in [0.25, 0.3) is 0 Å². The lowest BCUT2D eigenvalue weighted by atomic mass is 9.94. The van der Waals surface area contributed by atoms with Crippen molar-refractivity contribution in [3.63, 3.8) is 0 Å². The van der Waals surface area contributed by atoms with Crippen LogP contribution in [-0.2, 0) is 25.2 Å². The van der Waals surface area contributed by atoms with Crippen LogP contribution in [0.5, 0.6) is 0 Å². The van der Waals surface area contributed by atoms with Crippen molar-refractivity contribution < 1.29 is 31.5 Å². The molecule has 0 saturated heterocycles. The van der Waals surface area contributed by atoms with Crippen LogP contribution in [0.2, 0.25) is 0 Å². The van der Waals surface area contributed by atoms with Gasteiger partial charge in [-0.25, -0.2) is 9.97 Å². The molecule has 0 atom stereocenters. The van der Waals surface area contributed by atoms with E-state index in [9.17, 15) is 26.3 Å². The highest BCUT2D eigenvalue weighted by Gasteiger charge is 2.38. The van der Waals surface area contributed by atoms with Gasteiger partial charge in [0, 0.05) is 16.2 Å². The zero-order valence-corrected chi connectivity index (χ0v) is 14.4. The molecule has 0 fully saturated rings. The van der Waals surface area contributed by atoms with Gasteiger partial charge in [0.15, 0.2) is 10.9 Å². The molecule has 0 bridgehead atoms. The van der Waals surface area contributed by atoms with E-state index in [0.29, 0.717) is 42.8 Å². The highest BCUT2D eigenvalue weighted by atomic mass is 32.2. The predicted molar refractivity (Wildman–Crippen MR) is 84.7 cm³/mol. The van der Waals surface area contributed by atoms with Crippen molar-refractivity contribution in [2.75, 3.05) is 5.48 Å². The fourth-order valence-electron chi connectivity index (χ4n) is 2.83. The van der Waals surface area contributed by atoms with Crippen LogP contribution in [0.15, 0.2) is 28.3 Å². The lowest BCUT2D eigenvalue weighted by Crippen LogP contribution is -2.19. The van der Waals surface area contributed by atoms with Crippen molar-refractivity contribution in [1.29, 1.82) is 0 Å². The first-order valence-electron chi connectivity index (χ1n) is 7.86. The van der Waals surface area contributed by atoms with Gasteiger partial charge >= 0.3 is 12.4 Å². The summed E-state index contributed by atoms with van der Waals surface area (Å²) >= 11 is 0.649. The molecule has 1 aromatic carbocycles. The van der Waals surface area contributed by atoms with Crippen molar-refractivity contribution in [1.82, 2.24) is 9.97 Å². The molecule has 3 rings (SSSR count). The minimum Gasteiger partial charge on any atom is -0.291 e. The maximum absolute atomic E-state index is 13.3. The SMILES string of the molecule is ONc1cc(C(F)(F)F)ccc1Sc1nc2c(c(C(F)(F)F)n1)CCCC2. The molecule has 0 unspecified atom stereocenters. The number of aryl methyl sites for hydroxylation is 1. The monoisotopic (exact) mass is 409 g/mol. The Morgan fingerprint density at radius 2 is 1.67 bits per heavy atom. The van der Waals surface area contributed by atoms with Gasteiger partial charge in [-0.15, -0.1) is 0 Å². The molecule has 1 aromatic heterocycles. The molecule has 2 N–H and O–H groups in total. The zero-order valence-electron chi connectivity index (χ0n) is 13.6. The summed E-state index contributed by atoms with van der Waals surface area (Å²) in [5, 5.41) is 8.87. The number of aromatic nitrogens is 2. The number of fused-ring (bicyclic) bond motifs is 1. The summed E-state index contributed by atoms with van der Waals surface area (Å²) in [6.45, 7) is 0. The first-order valence-corrected chi connectivity index (χ1v) is 8.67. The molecule has 0 aliphatic heterocycles. The van der Waals surface area contributed by atoms with Crippen molar-refractivity contribution in [3.05, 3.63) is 40.7 Å². The molecule has 146 valence electrons. The Kier molecular flexibility index (Phi) is 5.26. The summed E-state index contributed by atoms with van der Waals surface area (Å²) in [6.07, 6.45) is -7.34. The standard InChI is InChI=1S/C16H13F6N3OS/c17-15(18,19)8-5-6-12(11(7-8)25-26)27-14-23-10-4-2-1-3-9(10)13(24-14)16(20,21)22/h5-7,25-26H,1-4H2. The first-order chi connectivity index (χ1) is 12.6. The topological polar surface area (TPSA) is 58.0 Å². The molecule has 1 heterocycles. The summed E-state index contributed by atoms with van der Waals surface area (Å²) in [6, 6.07) is 2.47. The predicted octanol–water partition coefficient (Wildman–Crippen LogP) is 5.35. The van der Waals surface area contributed by atoms with Crippen molar-refractivity contribution in [2.45, 2.75) is 48.1 Å². The summed E-state index contributed by atoms with van der Waals surface area (Å²) in [5.41, 5.74) is -0.309. The van der Waals surface area contributed by atoms with Gasteiger partial charge in [0.2, 0.25) is 0 Å². The van der Waals surface area contributed by atoms with Crippen molar-refractivity contribution in [3.8, 4) is 0 Å². The highest BCUT2D eigenvalue weighted by molar-refractivity contribution is 7.99. The lowest BCUT2D eigenvalue weighted by Gasteiger charge is -2.20. The van der Waals surface area contributed by atoms with E-state index in [1.54, 1.807) is 5.48 Å². The number of halogens is 6. The number of anilines is 1. The molecule has 0 amide bonds. The number of hydrogen-bond acceptors (Lipinski definition) is 5. The largest absolute Gasteiger partial charge is 0.433 e. The zero-order chi connectivity index (χ0) is 19.8. The van der Waals surface area contributed by atoms with Crippen LogP contribution in [0.4, 0.5) is 32.0 Å². The normalized spacial score (nSPS) is 14.8. The van der Waals surface area contributed by atoms with E-state index in [1.165, 1.54) is 0 Å². The lowest BCUT2D eigenvalue weighted by molar-refractivity contribution is -0.142. The van der Waals surface area contributed by atoms with Gasteiger partial charge in [-0.05, 0) is 55.6 Å². The van der Waals surface area contributed by atoms with E-state index in [1.807, 2.05) is 0 Å². The Morgan fingerprint density at radius 3 is 2.30 bits per heavy atom. The molecule has 0 saturated carbocycles. The van der Waals surface area contributed by atoms with Crippen molar-refractivity contribution >= 4 is 17.4 Å². The second-order valence-electron chi connectivity index (χ2n) is 5.91. The third-order valence-corrected chi connectivity index (χ3v) is 5.00. The Bertz CT molecular complexity index is 853. The maximum atomic E-state index is 13.3. The van der Waals surface area contributed by atoms with Gasteiger partial charge in [-0.2, -0.15) is 26.3 Å². The van der Waals surface area contributed by atoms with Crippen LogP contribution in [0, 0.1) is 0 Å². The van der Waals surface area contributed by atoms with E-state index < -0.39 is 23.6 Å². The van der Waals surface area contributed by atoms with Crippen LogP contribution in [0.1, 0.15) is 35.4 Å². The van der Waals surface area contributed by atoms with E-state index in [4.69, 9.17) is 5.21 Å². The number of benzene rings is 1. The van der Waals surface area contributed by atoms with Gasteiger partial charge in [0.05, 0.1) is 11.3 Å². The molecular weight excluding hydrogens is 396 g/mol. The Hall–Kier alpha value is -2.01. The molecule has 1 aliphatic rings. The van der Waals surface area contributed by atoms with E-state index >= 15 is 0 Å². The van der Waals surface area contributed by atoms with Gasteiger partial charge < -0.3 is 0 Å². The number of nitrogens with zero attached hydrogens (tertiary/aromatic N) is 2. The minimum atomic E-state index is -4.65. The average Bonchev–Trinajstić information content (AvgIpc) is 2.59. The van der Waals surface area contributed by atoms with Crippen molar-refractivity contribution in [2.24, 2.45) is 0 Å². The van der Waals surface area contributed by atoms with Gasteiger partial charge in [0.25, 0.3) is 0 Å². The minimum absolute atomic E-state index is 0.0642. The fourth-order valence-corrected chi connectivity index (χ4v) is 3.67. The second-order valence-corrected chi connectivity index (χ2v) is 6.92. The van der Waals surface area contributed by atoms with E-state index in [-0.39, 0.29) is 27.7 Å². The third kappa shape index (κ3) is 4.29. The number of nitrogens with one attached hydrogen (secondary N) is 1. The molecule has 27 heavy (non-hydrogen) atoms. The molecule has 0 spiro atoms. The van der Waals surface area contributed by atoms with Crippen LogP contribution in [-0.4, -0.2) is 15.2 Å².